The number of amides is 1. The van der Waals surface area contributed by atoms with Crippen molar-refractivity contribution in [3.8, 4) is 17.2 Å². The molecule has 2 aliphatic rings. The van der Waals surface area contributed by atoms with Crippen molar-refractivity contribution in [2.75, 3.05) is 13.7 Å². The van der Waals surface area contributed by atoms with E-state index in [1.807, 2.05) is 68.4 Å². The molecule has 190 valence electrons. The van der Waals surface area contributed by atoms with Crippen LogP contribution >= 0.6 is 0 Å². The Morgan fingerprint density at radius 3 is 2.57 bits per heavy atom. The highest BCUT2D eigenvalue weighted by Crippen LogP contribution is 2.42. The van der Waals surface area contributed by atoms with Crippen molar-refractivity contribution in [2.24, 2.45) is 0 Å². The predicted molar refractivity (Wildman–Crippen MR) is 139 cm³/mol. The van der Waals surface area contributed by atoms with Crippen molar-refractivity contribution in [3.63, 3.8) is 0 Å². The molecule has 0 radical (unpaired) electrons. The van der Waals surface area contributed by atoms with E-state index in [2.05, 4.69) is 0 Å². The first-order valence-corrected chi connectivity index (χ1v) is 12.3. The summed E-state index contributed by atoms with van der Waals surface area (Å²) in [5.41, 5.74) is 3.00. The Morgan fingerprint density at radius 1 is 1.05 bits per heavy atom. The molecular formula is C30H29NO6. The van der Waals surface area contributed by atoms with Gasteiger partial charge in [-0.3, -0.25) is 9.59 Å². The van der Waals surface area contributed by atoms with E-state index in [0.29, 0.717) is 35.7 Å². The minimum Gasteiger partial charge on any atom is -0.507 e. The number of ether oxygens (including phenoxy) is 3. The number of Topliss-reactive ketones (excluding diaryl/α,β-unsaturated/α-hetero) is 1. The fourth-order valence-corrected chi connectivity index (χ4v) is 4.98. The maximum absolute atomic E-state index is 13.4. The molecule has 3 aromatic carbocycles. The summed E-state index contributed by atoms with van der Waals surface area (Å²) in [5.74, 6) is 0.500. The number of hydrogen-bond donors (Lipinski definition) is 1. The van der Waals surface area contributed by atoms with Crippen LogP contribution in [0.2, 0.25) is 0 Å². The van der Waals surface area contributed by atoms with Crippen molar-refractivity contribution < 1.29 is 28.9 Å². The van der Waals surface area contributed by atoms with E-state index in [0.717, 1.165) is 16.9 Å². The van der Waals surface area contributed by atoms with Crippen LogP contribution in [-0.4, -0.2) is 41.5 Å². The molecule has 3 aromatic rings. The van der Waals surface area contributed by atoms with Crippen LogP contribution in [0, 0.1) is 0 Å². The van der Waals surface area contributed by atoms with Gasteiger partial charge in [-0.25, -0.2) is 0 Å². The number of hydrogen-bond acceptors (Lipinski definition) is 6. The van der Waals surface area contributed by atoms with E-state index in [4.69, 9.17) is 14.2 Å². The van der Waals surface area contributed by atoms with Crippen molar-refractivity contribution >= 4 is 17.4 Å². The predicted octanol–water partition coefficient (Wildman–Crippen LogP) is 5.04. The number of aliphatic hydroxyl groups excluding tert-OH is 1. The number of fused-ring (bicyclic) bond motifs is 1. The second-order valence-electron chi connectivity index (χ2n) is 9.24. The third-order valence-electron chi connectivity index (χ3n) is 6.71. The Morgan fingerprint density at radius 2 is 1.84 bits per heavy atom. The van der Waals surface area contributed by atoms with E-state index in [-0.39, 0.29) is 24.0 Å². The van der Waals surface area contributed by atoms with Gasteiger partial charge in [0.15, 0.2) is 0 Å². The lowest BCUT2D eigenvalue weighted by atomic mass is 9.94. The van der Waals surface area contributed by atoms with Gasteiger partial charge in [0, 0.05) is 18.5 Å². The summed E-state index contributed by atoms with van der Waals surface area (Å²) in [5, 5.41) is 11.5. The van der Waals surface area contributed by atoms with E-state index in [9.17, 15) is 14.7 Å². The van der Waals surface area contributed by atoms with Crippen molar-refractivity contribution in [3.05, 3.63) is 94.6 Å². The van der Waals surface area contributed by atoms with E-state index >= 15 is 0 Å². The minimum atomic E-state index is -0.786. The monoisotopic (exact) mass is 499 g/mol. The summed E-state index contributed by atoms with van der Waals surface area (Å²) in [6, 6.07) is 19.2. The molecule has 0 saturated carbocycles. The van der Waals surface area contributed by atoms with Gasteiger partial charge in [0.1, 0.15) is 29.1 Å². The molecule has 1 amide bonds. The van der Waals surface area contributed by atoms with Crippen LogP contribution < -0.4 is 14.2 Å². The maximum Gasteiger partial charge on any atom is 0.295 e. The molecule has 1 N–H and O–H groups in total. The highest BCUT2D eigenvalue weighted by atomic mass is 16.5. The molecule has 1 fully saturated rings. The van der Waals surface area contributed by atoms with Gasteiger partial charge in [-0.15, -0.1) is 0 Å². The number of carbonyl (C=O) groups excluding carboxylic acids is 2. The van der Waals surface area contributed by atoms with Gasteiger partial charge < -0.3 is 24.2 Å². The Kier molecular flexibility index (Phi) is 6.61. The molecule has 7 heteroatoms. The third kappa shape index (κ3) is 4.65. The fraction of sp³-hybridized carbons (Fsp3) is 0.267. The number of methoxy groups -OCH3 is 1. The van der Waals surface area contributed by atoms with Crippen LogP contribution in [0.1, 0.15) is 42.1 Å². The highest BCUT2D eigenvalue weighted by Gasteiger charge is 2.46. The molecule has 7 nitrogen and oxygen atoms in total. The number of nitrogens with zero attached hydrogens (tertiary/aromatic N) is 1. The summed E-state index contributed by atoms with van der Waals surface area (Å²) >= 11 is 0. The van der Waals surface area contributed by atoms with Crippen LogP contribution in [0.15, 0.2) is 72.3 Å². The largest absolute Gasteiger partial charge is 0.507 e. The van der Waals surface area contributed by atoms with Crippen LogP contribution in [-0.2, 0) is 22.6 Å². The maximum atomic E-state index is 13.4. The van der Waals surface area contributed by atoms with E-state index in [1.165, 1.54) is 4.90 Å². The zero-order chi connectivity index (χ0) is 26.1. The summed E-state index contributed by atoms with van der Waals surface area (Å²) in [6.45, 7) is 4.53. The average molecular weight is 500 g/mol. The minimum absolute atomic E-state index is 0.0452. The first-order chi connectivity index (χ1) is 17.9. The third-order valence-corrected chi connectivity index (χ3v) is 6.71. The normalized spacial score (nSPS) is 20.0. The molecule has 0 bridgehead atoms. The van der Waals surface area contributed by atoms with Crippen LogP contribution in [0.5, 0.6) is 17.2 Å². The molecular weight excluding hydrogens is 470 g/mol. The molecule has 2 aliphatic heterocycles. The van der Waals surface area contributed by atoms with Crippen LogP contribution in [0.4, 0.5) is 0 Å². The van der Waals surface area contributed by atoms with Gasteiger partial charge in [0.2, 0.25) is 0 Å². The second kappa shape index (κ2) is 10.0. The number of benzene rings is 3. The highest BCUT2D eigenvalue weighted by molar-refractivity contribution is 6.46. The quantitative estimate of drug-likeness (QED) is 0.279. The van der Waals surface area contributed by atoms with Gasteiger partial charge in [0.25, 0.3) is 11.7 Å². The molecule has 1 saturated heterocycles. The van der Waals surface area contributed by atoms with E-state index < -0.39 is 17.7 Å². The Hall–Kier alpha value is -4.26. The number of likely N-dealkylation sites (tertiary alicyclic amines) is 1. The SMILES string of the molecule is CCOc1cccc(C2/C(=C(/O)c3ccc4c(c3)CC(C)O4)C(=O)C(=O)N2Cc2ccc(OC)cc2)c1. The van der Waals surface area contributed by atoms with Gasteiger partial charge in [-0.2, -0.15) is 0 Å². The smallest absolute Gasteiger partial charge is 0.295 e. The number of rotatable bonds is 7. The lowest BCUT2D eigenvalue weighted by molar-refractivity contribution is -0.140. The first kappa shape index (κ1) is 24.4. The van der Waals surface area contributed by atoms with Gasteiger partial charge in [-0.1, -0.05) is 24.3 Å². The molecule has 0 aliphatic carbocycles. The van der Waals surface area contributed by atoms with Crippen LogP contribution in [0.25, 0.3) is 5.76 Å². The summed E-state index contributed by atoms with van der Waals surface area (Å²) < 4.78 is 16.7. The molecule has 0 aromatic heterocycles. The van der Waals surface area contributed by atoms with Gasteiger partial charge in [-0.05, 0) is 73.0 Å². The summed E-state index contributed by atoms with van der Waals surface area (Å²) in [6.07, 6.45) is 0.756. The summed E-state index contributed by atoms with van der Waals surface area (Å²) in [7, 11) is 1.59. The number of carbonyl (C=O) groups is 2. The first-order valence-electron chi connectivity index (χ1n) is 12.3. The topological polar surface area (TPSA) is 85.3 Å². The summed E-state index contributed by atoms with van der Waals surface area (Å²) in [4.78, 5) is 28.3. The lowest BCUT2D eigenvalue weighted by Crippen LogP contribution is -2.29. The van der Waals surface area contributed by atoms with Gasteiger partial charge >= 0.3 is 0 Å². The zero-order valence-electron chi connectivity index (χ0n) is 21.1. The average Bonchev–Trinajstić information content (AvgIpc) is 3.40. The molecule has 0 spiro atoms. The van der Waals surface area contributed by atoms with Gasteiger partial charge in [0.05, 0.1) is 25.3 Å². The second-order valence-corrected chi connectivity index (χ2v) is 9.24. The molecule has 37 heavy (non-hydrogen) atoms. The zero-order valence-corrected chi connectivity index (χ0v) is 21.1. The Balaban J connectivity index is 1.61. The van der Waals surface area contributed by atoms with Crippen molar-refractivity contribution in [1.82, 2.24) is 4.90 Å². The number of aliphatic hydroxyl groups is 1. The Bertz CT molecular complexity index is 1380. The van der Waals surface area contributed by atoms with E-state index in [1.54, 1.807) is 19.2 Å². The standard InChI is InChI=1S/C30H29NO6/c1-4-36-24-7-5-6-20(16-24)27-26(28(32)21-10-13-25-22(15-21)14-18(2)37-25)29(33)30(34)31(27)17-19-8-11-23(35-3)12-9-19/h5-13,15-16,18,27,32H,4,14,17H2,1-3H3/b28-26-. The fourth-order valence-electron chi connectivity index (χ4n) is 4.98. The Labute approximate surface area is 215 Å². The molecule has 5 rings (SSSR count). The molecule has 2 atom stereocenters. The lowest BCUT2D eigenvalue weighted by Gasteiger charge is -2.26. The van der Waals surface area contributed by atoms with Crippen molar-refractivity contribution in [1.29, 1.82) is 0 Å². The number of ketones is 1. The molecule has 2 unspecified atom stereocenters. The van der Waals surface area contributed by atoms with Crippen molar-refractivity contribution in [2.45, 2.75) is 39.0 Å². The molecule has 2 heterocycles. The van der Waals surface area contributed by atoms with Crippen LogP contribution in [0.3, 0.4) is 0 Å².